The van der Waals surface area contributed by atoms with Gasteiger partial charge in [0.1, 0.15) is 5.75 Å². The summed E-state index contributed by atoms with van der Waals surface area (Å²) >= 11 is 6.04. The van der Waals surface area contributed by atoms with Gasteiger partial charge in [0.25, 0.3) is 5.91 Å². The SMILES string of the molecule is CCOc1ccc(N2CC(CNC(=O)c3ccccc3Cl)CC2=O)cc1. The van der Waals surface area contributed by atoms with E-state index in [9.17, 15) is 9.59 Å². The van der Waals surface area contributed by atoms with Gasteiger partial charge < -0.3 is 15.0 Å². The van der Waals surface area contributed by atoms with Crippen molar-refractivity contribution >= 4 is 29.1 Å². The Bertz CT molecular complexity index is 792. The normalized spacial score (nSPS) is 16.6. The molecule has 0 bridgehead atoms. The molecule has 136 valence electrons. The number of benzene rings is 2. The Labute approximate surface area is 157 Å². The lowest BCUT2D eigenvalue weighted by Crippen LogP contribution is -2.31. The van der Waals surface area contributed by atoms with Crippen LogP contribution in [0.4, 0.5) is 5.69 Å². The van der Waals surface area contributed by atoms with Gasteiger partial charge in [0, 0.05) is 31.1 Å². The molecule has 3 rings (SSSR count). The third-order valence-corrected chi connectivity index (χ3v) is 4.66. The number of amides is 2. The first kappa shape index (κ1) is 18.3. The van der Waals surface area contributed by atoms with E-state index in [0.717, 1.165) is 11.4 Å². The van der Waals surface area contributed by atoms with Crippen molar-refractivity contribution in [3.63, 3.8) is 0 Å². The molecule has 0 saturated carbocycles. The molecule has 2 amide bonds. The van der Waals surface area contributed by atoms with Crippen LogP contribution in [0.25, 0.3) is 0 Å². The standard InChI is InChI=1S/C20H21ClN2O3/c1-2-26-16-9-7-15(8-10-16)23-13-14(11-19(23)24)12-22-20(25)17-5-3-4-6-18(17)21/h3-10,14H,2,11-13H2,1H3,(H,22,25). The lowest BCUT2D eigenvalue weighted by molar-refractivity contribution is -0.117. The highest BCUT2D eigenvalue weighted by Gasteiger charge is 2.30. The third-order valence-electron chi connectivity index (χ3n) is 4.33. The number of anilines is 1. The van der Waals surface area contributed by atoms with Gasteiger partial charge in [0.2, 0.25) is 5.91 Å². The van der Waals surface area contributed by atoms with E-state index in [1.807, 2.05) is 31.2 Å². The van der Waals surface area contributed by atoms with Gasteiger partial charge in [-0.3, -0.25) is 9.59 Å². The Morgan fingerprint density at radius 1 is 1.23 bits per heavy atom. The first-order chi connectivity index (χ1) is 12.6. The van der Waals surface area contributed by atoms with E-state index in [4.69, 9.17) is 16.3 Å². The Morgan fingerprint density at radius 2 is 1.96 bits per heavy atom. The van der Waals surface area contributed by atoms with Crippen LogP contribution in [0.15, 0.2) is 48.5 Å². The largest absolute Gasteiger partial charge is 0.494 e. The molecule has 6 heteroatoms. The number of rotatable bonds is 6. The van der Waals surface area contributed by atoms with E-state index >= 15 is 0 Å². The molecule has 1 unspecified atom stereocenters. The molecule has 2 aromatic carbocycles. The van der Waals surface area contributed by atoms with Gasteiger partial charge in [-0.2, -0.15) is 0 Å². The average Bonchev–Trinajstić information content (AvgIpc) is 3.02. The van der Waals surface area contributed by atoms with Gasteiger partial charge in [0.05, 0.1) is 17.2 Å². The van der Waals surface area contributed by atoms with Gasteiger partial charge in [-0.15, -0.1) is 0 Å². The van der Waals surface area contributed by atoms with E-state index in [-0.39, 0.29) is 17.7 Å². The number of nitrogens with zero attached hydrogens (tertiary/aromatic N) is 1. The van der Waals surface area contributed by atoms with E-state index in [0.29, 0.717) is 36.7 Å². The summed E-state index contributed by atoms with van der Waals surface area (Å²) in [6, 6.07) is 14.4. The maximum atomic E-state index is 12.3. The lowest BCUT2D eigenvalue weighted by atomic mass is 10.1. The molecule has 26 heavy (non-hydrogen) atoms. The Balaban J connectivity index is 1.57. The lowest BCUT2D eigenvalue weighted by Gasteiger charge is -2.17. The number of hydrogen-bond acceptors (Lipinski definition) is 3. The Hall–Kier alpha value is -2.53. The summed E-state index contributed by atoms with van der Waals surface area (Å²) in [5.74, 6) is 0.695. The van der Waals surface area contributed by atoms with Crippen LogP contribution in [0.3, 0.4) is 0 Å². The van der Waals surface area contributed by atoms with E-state index in [1.54, 1.807) is 29.2 Å². The first-order valence-electron chi connectivity index (χ1n) is 8.64. The number of carbonyl (C=O) groups is 2. The van der Waals surface area contributed by atoms with Crippen LogP contribution >= 0.6 is 11.6 Å². The summed E-state index contributed by atoms with van der Waals surface area (Å²) in [5, 5.41) is 3.30. The molecule has 0 aliphatic carbocycles. The average molecular weight is 373 g/mol. The number of nitrogens with one attached hydrogen (secondary N) is 1. The van der Waals surface area contributed by atoms with Crippen molar-refractivity contribution in [2.45, 2.75) is 13.3 Å². The zero-order valence-electron chi connectivity index (χ0n) is 14.6. The van der Waals surface area contributed by atoms with Crippen molar-refractivity contribution in [3.8, 4) is 5.75 Å². The predicted molar refractivity (Wildman–Crippen MR) is 102 cm³/mol. The number of carbonyl (C=O) groups excluding carboxylic acids is 2. The second kappa shape index (κ2) is 8.23. The molecule has 1 aliphatic heterocycles. The second-order valence-corrected chi connectivity index (χ2v) is 6.60. The van der Waals surface area contributed by atoms with Crippen molar-refractivity contribution in [2.24, 2.45) is 5.92 Å². The fourth-order valence-corrected chi connectivity index (χ4v) is 3.26. The van der Waals surface area contributed by atoms with Crippen LogP contribution in [0, 0.1) is 5.92 Å². The predicted octanol–water partition coefficient (Wildman–Crippen LogP) is 3.52. The van der Waals surface area contributed by atoms with Crippen LogP contribution in [-0.4, -0.2) is 31.5 Å². The molecule has 0 aromatic heterocycles. The Morgan fingerprint density at radius 3 is 2.65 bits per heavy atom. The number of halogens is 1. The minimum Gasteiger partial charge on any atom is -0.494 e. The van der Waals surface area contributed by atoms with Gasteiger partial charge in [0.15, 0.2) is 0 Å². The molecule has 1 fully saturated rings. The molecule has 1 atom stereocenters. The molecule has 1 aliphatic rings. The maximum absolute atomic E-state index is 12.3. The summed E-state index contributed by atoms with van der Waals surface area (Å²) in [4.78, 5) is 26.3. The molecule has 1 saturated heterocycles. The van der Waals surface area contributed by atoms with Gasteiger partial charge in [-0.1, -0.05) is 23.7 Å². The summed E-state index contributed by atoms with van der Waals surface area (Å²) in [6.45, 7) is 3.55. The third kappa shape index (κ3) is 4.17. The van der Waals surface area contributed by atoms with E-state index in [1.165, 1.54) is 0 Å². The van der Waals surface area contributed by atoms with Crippen molar-refractivity contribution in [1.82, 2.24) is 5.32 Å². The fraction of sp³-hybridized carbons (Fsp3) is 0.300. The van der Waals surface area contributed by atoms with Gasteiger partial charge in [-0.05, 0) is 43.3 Å². The van der Waals surface area contributed by atoms with Crippen LogP contribution in [0.2, 0.25) is 5.02 Å². The highest BCUT2D eigenvalue weighted by molar-refractivity contribution is 6.33. The molecule has 0 radical (unpaired) electrons. The molecular formula is C20H21ClN2O3. The summed E-state index contributed by atoms with van der Waals surface area (Å²) < 4.78 is 5.43. The summed E-state index contributed by atoms with van der Waals surface area (Å²) in [7, 11) is 0. The van der Waals surface area contributed by atoms with Crippen LogP contribution < -0.4 is 15.0 Å². The van der Waals surface area contributed by atoms with Crippen molar-refractivity contribution < 1.29 is 14.3 Å². The van der Waals surface area contributed by atoms with Gasteiger partial charge >= 0.3 is 0 Å². The van der Waals surface area contributed by atoms with Crippen molar-refractivity contribution in [2.75, 3.05) is 24.6 Å². The zero-order valence-corrected chi connectivity index (χ0v) is 15.3. The van der Waals surface area contributed by atoms with Crippen molar-refractivity contribution in [3.05, 3.63) is 59.1 Å². The number of hydrogen-bond donors (Lipinski definition) is 1. The highest BCUT2D eigenvalue weighted by Crippen LogP contribution is 2.26. The monoisotopic (exact) mass is 372 g/mol. The molecule has 1 N–H and O–H groups in total. The topological polar surface area (TPSA) is 58.6 Å². The van der Waals surface area contributed by atoms with E-state index in [2.05, 4.69) is 5.32 Å². The quantitative estimate of drug-likeness (QED) is 0.844. The molecule has 0 spiro atoms. The summed E-state index contributed by atoms with van der Waals surface area (Å²) in [5.41, 5.74) is 1.29. The van der Waals surface area contributed by atoms with Crippen molar-refractivity contribution in [1.29, 1.82) is 0 Å². The minimum absolute atomic E-state index is 0.0613. The molecule has 5 nitrogen and oxygen atoms in total. The van der Waals surface area contributed by atoms with Crippen LogP contribution in [0.1, 0.15) is 23.7 Å². The molecule has 1 heterocycles. The highest BCUT2D eigenvalue weighted by atomic mass is 35.5. The minimum atomic E-state index is -0.220. The van der Waals surface area contributed by atoms with Crippen LogP contribution in [0.5, 0.6) is 5.75 Å². The van der Waals surface area contributed by atoms with Crippen LogP contribution in [-0.2, 0) is 4.79 Å². The first-order valence-corrected chi connectivity index (χ1v) is 9.02. The van der Waals surface area contributed by atoms with E-state index < -0.39 is 0 Å². The molecular weight excluding hydrogens is 352 g/mol. The smallest absolute Gasteiger partial charge is 0.252 e. The zero-order chi connectivity index (χ0) is 18.5. The molecule has 2 aromatic rings. The number of ether oxygens (including phenoxy) is 1. The van der Waals surface area contributed by atoms with Gasteiger partial charge in [-0.25, -0.2) is 0 Å². The summed E-state index contributed by atoms with van der Waals surface area (Å²) in [6.07, 6.45) is 0.413. The Kier molecular flexibility index (Phi) is 5.78. The fourth-order valence-electron chi connectivity index (χ4n) is 3.03. The second-order valence-electron chi connectivity index (χ2n) is 6.19. The maximum Gasteiger partial charge on any atom is 0.252 e.